The third-order valence-electron chi connectivity index (χ3n) is 6.85. The lowest BCUT2D eigenvalue weighted by molar-refractivity contribution is -0.131. The van der Waals surface area contributed by atoms with Crippen molar-refractivity contribution in [2.45, 2.75) is 123 Å². The predicted octanol–water partition coefficient (Wildman–Crippen LogP) is 6.39. The van der Waals surface area contributed by atoms with Crippen LogP contribution in [0.3, 0.4) is 0 Å². The number of rotatable bonds is 8. The van der Waals surface area contributed by atoms with E-state index in [-0.39, 0.29) is 24.2 Å². The number of nitrogens with zero attached hydrogens (tertiary/aromatic N) is 1. The topological polar surface area (TPSA) is 76.1 Å². The average Bonchev–Trinajstić information content (AvgIpc) is 2.89. The van der Waals surface area contributed by atoms with Gasteiger partial charge in [-0.25, -0.2) is 9.59 Å². The van der Waals surface area contributed by atoms with E-state index in [0.29, 0.717) is 18.3 Å². The minimum absolute atomic E-state index is 0.0346. The Morgan fingerprint density at radius 3 is 2.34 bits per heavy atom. The Balaban J connectivity index is 2.27. The molecule has 0 aromatic heterocycles. The van der Waals surface area contributed by atoms with E-state index in [2.05, 4.69) is 13.8 Å². The van der Waals surface area contributed by atoms with Gasteiger partial charge in [0.05, 0.1) is 12.1 Å². The monoisotopic (exact) mass is 451 g/mol. The van der Waals surface area contributed by atoms with E-state index < -0.39 is 17.3 Å². The highest BCUT2D eigenvalue weighted by Gasteiger charge is 2.51. The highest BCUT2D eigenvalue weighted by Crippen LogP contribution is 2.42. The van der Waals surface area contributed by atoms with Crippen LogP contribution in [0.25, 0.3) is 0 Å². The number of carboxylic acid groups (broad SMARTS) is 1. The van der Waals surface area contributed by atoms with Crippen LogP contribution in [0.2, 0.25) is 0 Å². The van der Waals surface area contributed by atoms with E-state index in [1.165, 1.54) is 38.2 Å². The number of ether oxygens (including phenoxy) is 2. The second-order valence-electron chi connectivity index (χ2n) is 11.5. The molecule has 2 aliphatic rings. The predicted molar refractivity (Wildman–Crippen MR) is 126 cm³/mol. The number of hydrogen-bond donors (Lipinski definition) is 1. The maximum absolute atomic E-state index is 13.3. The lowest BCUT2D eigenvalue weighted by atomic mass is 9.80. The Labute approximate surface area is 194 Å². The van der Waals surface area contributed by atoms with Crippen molar-refractivity contribution in [2.75, 3.05) is 0 Å². The normalized spacial score (nSPS) is 25.4. The number of carboxylic acids is 1. The maximum atomic E-state index is 13.3. The first-order valence-electron chi connectivity index (χ1n) is 12.4. The molecule has 1 saturated carbocycles. The van der Waals surface area contributed by atoms with Gasteiger partial charge >= 0.3 is 12.1 Å². The fourth-order valence-electron chi connectivity index (χ4n) is 5.25. The fourth-order valence-corrected chi connectivity index (χ4v) is 5.25. The summed E-state index contributed by atoms with van der Waals surface area (Å²) in [6.07, 6.45) is 11.2. The molecule has 32 heavy (non-hydrogen) atoms. The van der Waals surface area contributed by atoms with Gasteiger partial charge in [0.15, 0.2) is 0 Å². The van der Waals surface area contributed by atoms with Gasteiger partial charge in [0.1, 0.15) is 11.3 Å². The summed E-state index contributed by atoms with van der Waals surface area (Å²) in [5.41, 5.74) is -1.31. The molecule has 1 N–H and O–H groups in total. The fraction of sp³-hybridized carbons (Fsp3) is 0.846. The van der Waals surface area contributed by atoms with Gasteiger partial charge in [0.25, 0.3) is 0 Å². The molecule has 0 aromatic carbocycles. The van der Waals surface area contributed by atoms with Gasteiger partial charge in [0, 0.05) is 6.08 Å². The van der Waals surface area contributed by atoms with Gasteiger partial charge in [-0.05, 0) is 71.6 Å². The molecule has 0 bridgehead atoms. The Morgan fingerprint density at radius 2 is 1.81 bits per heavy atom. The van der Waals surface area contributed by atoms with Crippen LogP contribution >= 0.6 is 0 Å². The molecule has 3 atom stereocenters. The number of hydrogen-bond acceptors (Lipinski definition) is 4. The van der Waals surface area contributed by atoms with Crippen LogP contribution < -0.4 is 0 Å². The Bertz CT molecular complexity index is 658. The van der Waals surface area contributed by atoms with Gasteiger partial charge in [-0.2, -0.15) is 0 Å². The highest BCUT2D eigenvalue weighted by molar-refractivity contribution is 5.79. The van der Waals surface area contributed by atoms with Crippen LogP contribution in [0, 0.1) is 17.8 Å². The quantitative estimate of drug-likeness (QED) is 0.433. The summed E-state index contributed by atoms with van der Waals surface area (Å²) in [4.78, 5) is 26.1. The van der Waals surface area contributed by atoms with Crippen LogP contribution in [0.4, 0.5) is 4.79 Å². The Hall–Kier alpha value is -1.56. The minimum atomic E-state index is -0.919. The van der Waals surface area contributed by atoms with E-state index in [4.69, 9.17) is 14.6 Å². The van der Waals surface area contributed by atoms with Crippen LogP contribution in [-0.4, -0.2) is 45.5 Å². The van der Waals surface area contributed by atoms with E-state index in [1.54, 1.807) is 6.08 Å². The second kappa shape index (κ2) is 11.0. The SMILES string of the molecule is CC(C)[C@@H](C/C=C/C(=O)O)C[C@@H]1OC(C)(C)N(C(=O)OC(C)(C)C)[C@H]1CC1CCCCC1. The molecule has 184 valence electrons. The second-order valence-corrected chi connectivity index (χ2v) is 11.5. The standard InChI is InChI=1S/C26H45NO5/c1-18(2)20(14-11-15-23(28)29)17-22-21(16-19-12-9-8-10-13-19)27(26(6,7)31-22)24(30)32-25(3,4)5/h11,15,18-22H,8-10,12-14,16-17H2,1-7H3,(H,28,29)/b15-11+/t20-,21-,22-/m0/s1. The zero-order valence-corrected chi connectivity index (χ0v) is 21.2. The van der Waals surface area contributed by atoms with Crippen molar-refractivity contribution in [1.82, 2.24) is 4.90 Å². The third kappa shape index (κ3) is 7.79. The van der Waals surface area contributed by atoms with Gasteiger partial charge in [-0.15, -0.1) is 0 Å². The van der Waals surface area contributed by atoms with Gasteiger partial charge < -0.3 is 14.6 Å². The first-order chi connectivity index (χ1) is 14.8. The first kappa shape index (κ1) is 26.7. The number of carbonyl (C=O) groups excluding carboxylic acids is 1. The number of allylic oxidation sites excluding steroid dienone is 1. The van der Waals surface area contributed by atoms with Crippen LogP contribution in [0.15, 0.2) is 12.2 Å². The summed E-state index contributed by atoms with van der Waals surface area (Å²) in [5, 5.41) is 8.96. The average molecular weight is 452 g/mol. The Kier molecular flexibility index (Phi) is 9.21. The van der Waals surface area contributed by atoms with E-state index >= 15 is 0 Å². The minimum Gasteiger partial charge on any atom is -0.478 e. The van der Waals surface area contributed by atoms with E-state index in [9.17, 15) is 9.59 Å². The van der Waals surface area contributed by atoms with Crippen molar-refractivity contribution >= 4 is 12.1 Å². The lowest BCUT2D eigenvalue weighted by Gasteiger charge is -2.37. The molecule has 2 fully saturated rings. The van der Waals surface area contributed by atoms with Crippen LogP contribution in [0.5, 0.6) is 0 Å². The van der Waals surface area contributed by atoms with Crippen LogP contribution in [0.1, 0.15) is 99.8 Å². The molecule has 6 nitrogen and oxygen atoms in total. The van der Waals surface area contributed by atoms with E-state index in [1.807, 2.05) is 39.5 Å². The molecule has 1 aliphatic carbocycles. The summed E-state index contributed by atoms with van der Waals surface area (Å²) < 4.78 is 12.3. The third-order valence-corrected chi connectivity index (χ3v) is 6.85. The summed E-state index contributed by atoms with van der Waals surface area (Å²) in [7, 11) is 0. The molecule has 1 heterocycles. The molecule has 0 spiro atoms. The van der Waals surface area contributed by atoms with Crippen molar-refractivity contribution in [2.24, 2.45) is 17.8 Å². The number of aliphatic carboxylic acids is 1. The zero-order chi connectivity index (χ0) is 24.1. The largest absolute Gasteiger partial charge is 0.478 e. The molecule has 0 radical (unpaired) electrons. The van der Waals surface area contributed by atoms with Gasteiger partial charge in [-0.1, -0.05) is 52.0 Å². The molecule has 1 saturated heterocycles. The zero-order valence-electron chi connectivity index (χ0n) is 21.2. The summed E-state index contributed by atoms with van der Waals surface area (Å²) in [6, 6.07) is -0.0346. The van der Waals surface area contributed by atoms with Crippen molar-refractivity contribution in [3.8, 4) is 0 Å². The Morgan fingerprint density at radius 1 is 1.19 bits per heavy atom. The molecule has 1 amide bonds. The van der Waals surface area contributed by atoms with Crippen molar-refractivity contribution in [3.63, 3.8) is 0 Å². The molecule has 6 heteroatoms. The molecular formula is C26H45NO5. The maximum Gasteiger partial charge on any atom is 0.412 e. The van der Waals surface area contributed by atoms with Crippen molar-refractivity contribution in [1.29, 1.82) is 0 Å². The van der Waals surface area contributed by atoms with Crippen LogP contribution in [-0.2, 0) is 14.3 Å². The summed E-state index contributed by atoms with van der Waals surface area (Å²) in [6.45, 7) is 13.9. The van der Waals surface area contributed by atoms with Crippen molar-refractivity contribution < 1.29 is 24.2 Å². The molecule has 1 aliphatic heterocycles. The molecular weight excluding hydrogens is 406 g/mol. The molecule has 0 unspecified atom stereocenters. The summed E-state index contributed by atoms with van der Waals surface area (Å²) >= 11 is 0. The smallest absolute Gasteiger partial charge is 0.412 e. The number of amides is 1. The highest BCUT2D eigenvalue weighted by atomic mass is 16.6. The lowest BCUT2D eigenvalue weighted by Crippen LogP contribution is -2.51. The molecule has 2 rings (SSSR count). The summed E-state index contributed by atoms with van der Waals surface area (Å²) in [5.74, 6) is 0.338. The number of carbonyl (C=O) groups is 2. The van der Waals surface area contributed by atoms with Gasteiger partial charge in [-0.3, -0.25) is 4.90 Å². The molecule has 0 aromatic rings. The van der Waals surface area contributed by atoms with E-state index in [0.717, 1.165) is 12.8 Å². The van der Waals surface area contributed by atoms with Crippen molar-refractivity contribution in [3.05, 3.63) is 12.2 Å². The van der Waals surface area contributed by atoms with Gasteiger partial charge in [0.2, 0.25) is 0 Å². The first-order valence-corrected chi connectivity index (χ1v) is 12.4.